The molecular formula is C10H7F3N2O3. The Balaban J connectivity index is 3.26. The van der Waals surface area contributed by atoms with Crippen LogP contribution in [-0.2, 0) is 11.0 Å². The van der Waals surface area contributed by atoms with Gasteiger partial charge in [0.1, 0.15) is 0 Å². The first-order valence-electron chi connectivity index (χ1n) is 4.54. The Kier molecular flexibility index (Phi) is 3.70. The number of alkyl halides is 3. The highest BCUT2D eigenvalue weighted by molar-refractivity contribution is 5.99. The van der Waals surface area contributed by atoms with Crippen LogP contribution in [0.3, 0.4) is 0 Å². The number of nitro groups is 1. The van der Waals surface area contributed by atoms with Crippen LogP contribution in [-0.4, -0.2) is 10.8 Å². The van der Waals surface area contributed by atoms with Crippen molar-refractivity contribution in [3.05, 3.63) is 46.5 Å². The van der Waals surface area contributed by atoms with Crippen molar-refractivity contribution in [3.63, 3.8) is 0 Å². The summed E-state index contributed by atoms with van der Waals surface area (Å²) in [5.74, 6) is -0.761. The first-order valence-corrected chi connectivity index (χ1v) is 4.54. The molecule has 0 bridgehead atoms. The number of anilines is 1. The number of hydrogen-bond donors (Lipinski definition) is 1. The highest BCUT2D eigenvalue weighted by atomic mass is 19.4. The molecule has 0 unspecified atom stereocenters. The van der Waals surface area contributed by atoms with Gasteiger partial charge in [0.25, 0.3) is 5.69 Å². The lowest BCUT2D eigenvalue weighted by atomic mass is 10.1. The van der Waals surface area contributed by atoms with Crippen molar-refractivity contribution >= 4 is 17.3 Å². The molecule has 0 radical (unpaired) electrons. The SMILES string of the molecule is C=CC(=O)Nc1cc([N+](=O)[O-])cc(C(F)(F)F)c1. The Bertz CT molecular complexity index is 512. The zero-order valence-corrected chi connectivity index (χ0v) is 8.82. The predicted octanol–water partition coefficient (Wildman–Crippen LogP) is 2.74. The quantitative estimate of drug-likeness (QED) is 0.516. The van der Waals surface area contributed by atoms with Gasteiger partial charge < -0.3 is 5.32 Å². The third-order valence-electron chi connectivity index (χ3n) is 1.91. The van der Waals surface area contributed by atoms with Gasteiger partial charge in [0.2, 0.25) is 5.91 Å². The van der Waals surface area contributed by atoms with E-state index in [0.29, 0.717) is 12.1 Å². The molecular weight excluding hydrogens is 253 g/mol. The molecule has 0 aliphatic heterocycles. The number of non-ortho nitro benzene ring substituents is 1. The fourth-order valence-corrected chi connectivity index (χ4v) is 1.15. The summed E-state index contributed by atoms with van der Waals surface area (Å²) in [5, 5.41) is 12.5. The molecule has 0 spiro atoms. The van der Waals surface area contributed by atoms with Crippen LogP contribution in [0.15, 0.2) is 30.9 Å². The van der Waals surface area contributed by atoms with E-state index in [9.17, 15) is 28.1 Å². The van der Waals surface area contributed by atoms with E-state index in [1.165, 1.54) is 0 Å². The molecule has 0 aromatic heterocycles. The number of hydrogen-bond acceptors (Lipinski definition) is 3. The first kappa shape index (κ1) is 13.7. The van der Waals surface area contributed by atoms with Gasteiger partial charge in [0.05, 0.1) is 10.5 Å². The smallest absolute Gasteiger partial charge is 0.322 e. The minimum absolute atomic E-state index is 0.318. The van der Waals surface area contributed by atoms with Gasteiger partial charge in [-0.05, 0) is 12.1 Å². The second-order valence-corrected chi connectivity index (χ2v) is 3.22. The molecule has 0 saturated carbocycles. The molecule has 0 saturated heterocycles. The van der Waals surface area contributed by atoms with Crippen molar-refractivity contribution in [3.8, 4) is 0 Å². The van der Waals surface area contributed by atoms with Gasteiger partial charge in [-0.15, -0.1) is 0 Å². The summed E-state index contributed by atoms with van der Waals surface area (Å²) >= 11 is 0. The van der Waals surface area contributed by atoms with Crippen molar-refractivity contribution in [2.45, 2.75) is 6.18 Å². The van der Waals surface area contributed by atoms with E-state index < -0.39 is 28.3 Å². The molecule has 0 fully saturated rings. The first-order chi connectivity index (χ1) is 8.24. The molecule has 1 N–H and O–H groups in total. The summed E-state index contributed by atoms with van der Waals surface area (Å²) in [6.07, 6.45) is -3.90. The third-order valence-corrected chi connectivity index (χ3v) is 1.91. The predicted molar refractivity (Wildman–Crippen MR) is 56.9 cm³/mol. The van der Waals surface area contributed by atoms with Crippen LogP contribution in [0.5, 0.6) is 0 Å². The summed E-state index contributed by atoms with van der Waals surface area (Å²) in [7, 11) is 0. The second-order valence-electron chi connectivity index (χ2n) is 3.22. The van der Waals surface area contributed by atoms with Gasteiger partial charge in [0.15, 0.2) is 0 Å². The monoisotopic (exact) mass is 260 g/mol. The Hall–Kier alpha value is -2.38. The van der Waals surface area contributed by atoms with E-state index in [1.54, 1.807) is 0 Å². The number of nitro benzene ring substituents is 1. The van der Waals surface area contributed by atoms with Gasteiger partial charge in [0, 0.05) is 17.8 Å². The van der Waals surface area contributed by atoms with Crippen molar-refractivity contribution in [1.82, 2.24) is 0 Å². The number of rotatable bonds is 3. The van der Waals surface area contributed by atoms with Crippen LogP contribution in [0.2, 0.25) is 0 Å². The Labute approximate surface area is 99.1 Å². The summed E-state index contributed by atoms with van der Waals surface area (Å²) in [6.45, 7) is 3.12. The van der Waals surface area contributed by atoms with E-state index in [-0.39, 0.29) is 5.69 Å². The Morgan fingerprint density at radius 2 is 2.00 bits per heavy atom. The summed E-state index contributed by atoms with van der Waals surface area (Å²) in [4.78, 5) is 20.5. The zero-order valence-electron chi connectivity index (χ0n) is 8.82. The number of carbonyl (C=O) groups excluding carboxylic acids is 1. The fourth-order valence-electron chi connectivity index (χ4n) is 1.15. The molecule has 1 rings (SSSR count). The molecule has 0 atom stereocenters. The Morgan fingerprint density at radius 3 is 2.44 bits per heavy atom. The molecule has 18 heavy (non-hydrogen) atoms. The maximum atomic E-state index is 12.5. The van der Waals surface area contributed by atoms with Crippen molar-refractivity contribution in [2.24, 2.45) is 0 Å². The Morgan fingerprint density at radius 1 is 1.39 bits per heavy atom. The number of halogens is 3. The highest BCUT2D eigenvalue weighted by Crippen LogP contribution is 2.33. The largest absolute Gasteiger partial charge is 0.416 e. The lowest BCUT2D eigenvalue weighted by Gasteiger charge is -2.09. The van der Waals surface area contributed by atoms with Gasteiger partial charge >= 0.3 is 6.18 Å². The summed E-state index contributed by atoms with van der Waals surface area (Å²) in [5.41, 5.74) is -2.29. The maximum absolute atomic E-state index is 12.5. The number of nitrogens with one attached hydrogen (secondary N) is 1. The zero-order chi connectivity index (χ0) is 13.9. The molecule has 8 heteroatoms. The van der Waals surface area contributed by atoms with Crippen molar-refractivity contribution < 1.29 is 22.9 Å². The van der Waals surface area contributed by atoms with Crippen LogP contribution >= 0.6 is 0 Å². The number of nitrogens with zero attached hydrogens (tertiary/aromatic N) is 1. The topological polar surface area (TPSA) is 72.2 Å². The number of carbonyl (C=O) groups is 1. The lowest BCUT2D eigenvalue weighted by Crippen LogP contribution is -2.11. The molecule has 1 aromatic rings. The normalized spacial score (nSPS) is 10.8. The molecule has 96 valence electrons. The average molecular weight is 260 g/mol. The van der Waals surface area contributed by atoms with Gasteiger partial charge in [-0.3, -0.25) is 14.9 Å². The van der Waals surface area contributed by atoms with Gasteiger partial charge in [-0.1, -0.05) is 6.58 Å². The number of amides is 1. The minimum Gasteiger partial charge on any atom is -0.322 e. The van der Waals surface area contributed by atoms with E-state index >= 15 is 0 Å². The van der Waals surface area contributed by atoms with E-state index in [0.717, 1.165) is 12.1 Å². The van der Waals surface area contributed by atoms with E-state index in [1.807, 2.05) is 5.32 Å². The maximum Gasteiger partial charge on any atom is 0.416 e. The average Bonchev–Trinajstić information content (AvgIpc) is 2.27. The van der Waals surface area contributed by atoms with Crippen molar-refractivity contribution in [1.29, 1.82) is 0 Å². The minimum atomic E-state index is -4.74. The number of benzene rings is 1. The summed E-state index contributed by atoms with van der Waals surface area (Å²) in [6, 6.07) is 1.83. The van der Waals surface area contributed by atoms with Crippen LogP contribution < -0.4 is 5.32 Å². The van der Waals surface area contributed by atoms with Gasteiger partial charge in [-0.2, -0.15) is 13.2 Å². The second kappa shape index (κ2) is 4.86. The van der Waals surface area contributed by atoms with E-state index in [2.05, 4.69) is 6.58 Å². The fraction of sp³-hybridized carbons (Fsp3) is 0.100. The van der Waals surface area contributed by atoms with Crippen molar-refractivity contribution in [2.75, 3.05) is 5.32 Å². The summed E-state index contributed by atoms with van der Waals surface area (Å²) < 4.78 is 37.4. The van der Waals surface area contributed by atoms with Crippen LogP contribution in [0, 0.1) is 10.1 Å². The van der Waals surface area contributed by atoms with Crippen LogP contribution in [0.1, 0.15) is 5.56 Å². The molecule has 5 nitrogen and oxygen atoms in total. The highest BCUT2D eigenvalue weighted by Gasteiger charge is 2.32. The molecule has 0 heterocycles. The molecule has 0 aliphatic rings. The molecule has 1 amide bonds. The third kappa shape index (κ3) is 3.30. The van der Waals surface area contributed by atoms with Crippen LogP contribution in [0.4, 0.5) is 24.5 Å². The standard InChI is InChI=1S/C10H7F3N2O3/c1-2-9(16)14-7-3-6(10(11,12)13)4-8(5-7)15(17)18/h2-5H,1H2,(H,14,16). The van der Waals surface area contributed by atoms with E-state index in [4.69, 9.17) is 0 Å². The van der Waals surface area contributed by atoms with Gasteiger partial charge in [-0.25, -0.2) is 0 Å². The van der Waals surface area contributed by atoms with Crippen LogP contribution in [0.25, 0.3) is 0 Å². The molecule has 1 aromatic carbocycles. The molecule has 0 aliphatic carbocycles. The lowest BCUT2D eigenvalue weighted by molar-refractivity contribution is -0.385.